The number of hydrogen-bond acceptors (Lipinski definition) is 4. The summed E-state index contributed by atoms with van der Waals surface area (Å²) in [5.41, 5.74) is 0.825. The Morgan fingerprint density at radius 2 is 1.95 bits per heavy atom. The molecule has 0 saturated heterocycles. The second kappa shape index (κ2) is 5.82. The van der Waals surface area contributed by atoms with Gasteiger partial charge in [-0.05, 0) is 44.5 Å². The average Bonchev–Trinajstić information content (AvgIpc) is 3.13. The van der Waals surface area contributed by atoms with Crippen molar-refractivity contribution in [2.24, 2.45) is 0 Å². The van der Waals surface area contributed by atoms with Gasteiger partial charge in [-0.3, -0.25) is 4.79 Å². The fourth-order valence-electron chi connectivity index (χ4n) is 2.01. The van der Waals surface area contributed by atoms with E-state index in [0.717, 1.165) is 26.7 Å². The SMILES string of the molecule is CCC(C)(C)NC(=O)c1ccc(-c2nc3ccccc3s2)s1. The van der Waals surface area contributed by atoms with E-state index in [1.54, 1.807) is 11.3 Å². The largest absolute Gasteiger partial charge is 0.346 e. The molecule has 0 aliphatic heterocycles. The van der Waals surface area contributed by atoms with E-state index >= 15 is 0 Å². The van der Waals surface area contributed by atoms with Crippen LogP contribution < -0.4 is 5.32 Å². The van der Waals surface area contributed by atoms with Gasteiger partial charge in [-0.25, -0.2) is 4.98 Å². The van der Waals surface area contributed by atoms with Crippen LogP contribution in [0, 0.1) is 0 Å². The molecule has 0 fully saturated rings. The number of hydrogen-bond donors (Lipinski definition) is 1. The van der Waals surface area contributed by atoms with E-state index in [1.807, 2.05) is 44.2 Å². The molecule has 22 heavy (non-hydrogen) atoms. The van der Waals surface area contributed by atoms with Crippen molar-refractivity contribution >= 4 is 38.8 Å². The summed E-state index contributed by atoms with van der Waals surface area (Å²) in [6.45, 7) is 6.14. The summed E-state index contributed by atoms with van der Waals surface area (Å²) in [5.74, 6) is -0.00999. The highest BCUT2D eigenvalue weighted by molar-refractivity contribution is 7.26. The van der Waals surface area contributed by atoms with Crippen LogP contribution in [0.25, 0.3) is 20.1 Å². The number of fused-ring (bicyclic) bond motifs is 1. The van der Waals surface area contributed by atoms with E-state index in [0.29, 0.717) is 0 Å². The third kappa shape index (κ3) is 3.05. The smallest absolute Gasteiger partial charge is 0.261 e. The molecule has 1 aromatic carbocycles. The van der Waals surface area contributed by atoms with Gasteiger partial charge in [-0.15, -0.1) is 22.7 Å². The summed E-state index contributed by atoms with van der Waals surface area (Å²) in [4.78, 5) is 18.7. The summed E-state index contributed by atoms with van der Waals surface area (Å²) in [7, 11) is 0. The van der Waals surface area contributed by atoms with Crippen LogP contribution >= 0.6 is 22.7 Å². The van der Waals surface area contributed by atoms with Crippen LogP contribution in [0.15, 0.2) is 36.4 Å². The number of para-hydroxylation sites is 1. The van der Waals surface area contributed by atoms with Crippen LogP contribution in [-0.2, 0) is 0 Å². The van der Waals surface area contributed by atoms with Crippen LogP contribution in [-0.4, -0.2) is 16.4 Å². The minimum atomic E-state index is -0.183. The molecule has 0 unspecified atom stereocenters. The lowest BCUT2D eigenvalue weighted by Gasteiger charge is -2.23. The molecular formula is C17H18N2OS2. The normalized spacial score (nSPS) is 11.8. The van der Waals surface area contributed by atoms with Gasteiger partial charge in [-0.2, -0.15) is 0 Å². The van der Waals surface area contributed by atoms with Crippen molar-refractivity contribution < 1.29 is 4.79 Å². The Labute approximate surface area is 138 Å². The number of benzene rings is 1. The maximum Gasteiger partial charge on any atom is 0.261 e. The molecule has 3 nitrogen and oxygen atoms in total. The van der Waals surface area contributed by atoms with Crippen molar-refractivity contribution in [2.75, 3.05) is 0 Å². The molecular weight excluding hydrogens is 312 g/mol. The van der Waals surface area contributed by atoms with Crippen molar-refractivity contribution in [3.63, 3.8) is 0 Å². The molecule has 0 spiro atoms. The summed E-state index contributed by atoms with van der Waals surface area (Å²) in [6, 6.07) is 12.0. The third-order valence-electron chi connectivity index (χ3n) is 3.67. The van der Waals surface area contributed by atoms with Gasteiger partial charge in [0.2, 0.25) is 0 Å². The fraction of sp³-hybridized carbons (Fsp3) is 0.294. The van der Waals surface area contributed by atoms with Crippen LogP contribution in [0.3, 0.4) is 0 Å². The van der Waals surface area contributed by atoms with E-state index in [1.165, 1.54) is 16.0 Å². The van der Waals surface area contributed by atoms with E-state index < -0.39 is 0 Å². The van der Waals surface area contributed by atoms with Crippen molar-refractivity contribution in [1.29, 1.82) is 0 Å². The number of nitrogens with one attached hydrogen (secondary N) is 1. The van der Waals surface area contributed by atoms with Gasteiger partial charge in [0.1, 0.15) is 5.01 Å². The first-order valence-corrected chi connectivity index (χ1v) is 8.90. The predicted octanol–water partition coefficient (Wildman–Crippen LogP) is 4.94. The maximum absolute atomic E-state index is 12.3. The summed E-state index contributed by atoms with van der Waals surface area (Å²) < 4.78 is 1.17. The molecule has 2 aromatic heterocycles. The standard InChI is InChI=1S/C17H18N2OS2/c1-4-17(2,3)19-15(20)13-9-10-14(21-13)16-18-11-7-5-6-8-12(11)22-16/h5-10H,4H2,1-3H3,(H,19,20). The Bertz CT molecular complexity index is 784. The molecule has 5 heteroatoms. The van der Waals surface area contributed by atoms with E-state index in [9.17, 15) is 4.79 Å². The van der Waals surface area contributed by atoms with Crippen molar-refractivity contribution in [3.8, 4) is 9.88 Å². The third-order valence-corrected chi connectivity index (χ3v) is 5.96. The Kier molecular flexibility index (Phi) is 4.02. The number of thiophene rings is 1. The maximum atomic E-state index is 12.3. The molecule has 0 atom stereocenters. The van der Waals surface area contributed by atoms with Crippen molar-refractivity contribution in [1.82, 2.24) is 10.3 Å². The molecule has 1 N–H and O–H groups in total. The van der Waals surface area contributed by atoms with E-state index in [-0.39, 0.29) is 11.4 Å². The van der Waals surface area contributed by atoms with Gasteiger partial charge in [0.05, 0.1) is 20.0 Å². The molecule has 3 rings (SSSR count). The topological polar surface area (TPSA) is 42.0 Å². The number of amides is 1. The highest BCUT2D eigenvalue weighted by atomic mass is 32.1. The van der Waals surface area contributed by atoms with E-state index in [2.05, 4.69) is 23.3 Å². The highest BCUT2D eigenvalue weighted by Gasteiger charge is 2.20. The van der Waals surface area contributed by atoms with Crippen molar-refractivity contribution in [2.45, 2.75) is 32.7 Å². The average molecular weight is 330 g/mol. The zero-order valence-electron chi connectivity index (χ0n) is 12.8. The second-order valence-corrected chi connectivity index (χ2v) is 7.96. The number of nitrogens with zero attached hydrogens (tertiary/aromatic N) is 1. The molecule has 114 valence electrons. The zero-order valence-corrected chi connectivity index (χ0v) is 14.5. The quantitative estimate of drug-likeness (QED) is 0.736. The number of carbonyl (C=O) groups is 1. The van der Waals surface area contributed by atoms with Crippen molar-refractivity contribution in [3.05, 3.63) is 41.3 Å². The van der Waals surface area contributed by atoms with Gasteiger partial charge >= 0.3 is 0 Å². The van der Waals surface area contributed by atoms with Crippen LogP contribution in [0.1, 0.15) is 36.9 Å². The fourth-order valence-corrected chi connectivity index (χ4v) is 3.93. The highest BCUT2D eigenvalue weighted by Crippen LogP contribution is 2.34. The Morgan fingerprint density at radius 1 is 1.18 bits per heavy atom. The zero-order chi connectivity index (χ0) is 15.7. The van der Waals surface area contributed by atoms with E-state index in [4.69, 9.17) is 0 Å². The number of rotatable bonds is 4. The molecule has 1 amide bonds. The molecule has 0 aliphatic rings. The van der Waals surface area contributed by atoms with Gasteiger partial charge in [-0.1, -0.05) is 19.1 Å². The Hall–Kier alpha value is -1.72. The molecule has 0 aliphatic carbocycles. The van der Waals surface area contributed by atoms with Gasteiger partial charge in [0, 0.05) is 5.54 Å². The van der Waals surface area contributed by atoms with Gasteiger partial charge in [0.25, 0.3) is 5.91 Å². The molecule has 0 bridgehead atoms. The molecule has 0 radical (unpaired) electrons. The summed E-state index contributed by atoms with van der Waals surface area (Å²) >= 11 is 3.16. The first-order valence-electron chi connectivity index (χ1n) is 7.27. The lowest BCUT2D eigenvalue weighted by Crippen LogP contribution is -2.42. The lowest BCUT2D eigenvalue weighted by molar-refractivity contribution is 0.0915. The van der Waals surface area contributed by atoms with Crippen LogP contribution in [0.5, 0.6) is 0 Å². The van der Waals surface area contributed by atoms with Gasteiger partial charge in [0.15, 0.2) is 0 Å². The number of thiazole rings is 1. The molecule has 0 saturated carbocycles. The predicted molar refractivity (Wildman–Crippen MR) is 94.8 cm³/mol. The monoisotopic (exact) mass is 330 g/mol. The second-order valence-electron chi connectivity index (χ2n) is 5.84. The summed E-state index contributed by atoms with van der Waals surface area (Å²) in [5, 5.41) is 4.04. The lowest BCUT2D eigenvalue weighted by atomic mass is 10.0. The van der Waals surface area contributed by atoms with Gasteiger partial charge < -0.3 is 5.32 Å². The minimum Gasteiger partial charge on any atom is -0.346 e. The first-order chi connectivity index (χ1) is 10.5. The number of aromatic nitrogens is 1. The Balaban J connectivity index is 1.85. The van der Waals surface area contributed by atoms with Crippen LogP contribution in [0.2, 0.25) is 0 Å². The molecule has 3 aromatic rings. The van der Waals surface area contributed by atoms with Crippen LogP contribution in [0.4, 0.5) is 0 Å². The Morgan fingerprint density at radius 3 is 2.68 bits per heavy atom. The molecule has 2 heterocycles. The number of carbonyl (C=O) groups excluding carboxylic acids is 1. The summed E-state index contributed by atoms with van der Waals surface area (Å²) in [6.07, 6.45) is 0.898. The first kappa shape index (κ1) is 15.2. The minimum absolute atomic E-state index is 0.00999.